The third-order valence-corrected chi connectivity index (χ3v) is 1.96. The van der Waals surface area contributed by atoms with Gasteiger partial charge >= 0.3 is 18.2 Å². The number of rotatable bonds is 8. The first-order valence-electron chi connectivity index (χ1n) is 5.62. The Morgan fingerprint density at radius 1 is 1.25 bits per heavy atom. The molecular formula is C10H17F3N2O5. The minimum Gasteiger partial charge on any atom is -0.481 e. The van der Waals surface area contributed by atoms with Gasteiger partial charge in [0.05, 0.1) is 18.6 Å². The van der Waals surface area contributed by atoms with Crippen molar-refractivity contribution in [2.75, 3.05) is 26.3 Å². The zero-order valence-electron chi connectivity index (χ0n) is 10.8. The molecule has 0 aliphatic rings. The molecule has 10 heteroatoms. The van der Waals surface area contributed by atoms with Crippen molar-refractivity contribution in [2.45, 2.75) is 25.1 Å². The highest BCUT2D eigenvalue weighted by Crippen LogP contribution is 2.13. The molecule has 4 N–H and O–H groups in total. The lowest BCUT2D eigenvalue weighted by Gasteiger charge is -2.21. The van der Waals surface area contributed by atoms with Crippen LogP contribution in [0.2, 0.25) is 0 Å². The van der Waals surface area contributed by atoms with Gasteiger partial charge in [-0.25, -0.2) is 4.79 Å². The standard InChI is InChI=1S/C10H17F3N2O5/c1-9(19,4-7(16)17)5-15-8(18)14-2-3-20-6-10(11,12)13/h19H,2-6H2,1H3,(H,16,17)(H2,14,15,18). The largest absolute Gasteiger partial charge is 0.481 e. The number of amides is 2. The van der Waals surface area contributed by atoms with Gasteiger partial charge in [0.25, 0.3) is 0 Å². The van der Waals surface area contributed by atoms with E-state index < -0.39 is 36.8 Å². The minimum absolute atomic E-state index is 0.150. The van der Waals surface area contributed by atoms with Crippen LogP contribution in [0.15, 0.2) is 0 Å². The molecule has 0 aromatic rings. The molecule has 0 spiro atoms. The van der Waals surface area contributed by atoms with Gasteiger partial charge in [-0.05, 0) is 6.92 Å². The third-order valence-electron chi connectivity index (χ3n) is 1.96. The van der Waals surface area contributed by atoms with Gasteiger partial charge in [0.15, 0.2) is 0 Å². The Morgan fingerprint density at radius 2 is 1.85 bits per heavy atom. The molecule has 118 valence electrons. The highest BCUT2D eigenvalue weighted by molar-refractivity contribution is 5.74. The Balaban J connectivity index is 3.72. The van der Waals surface area contributed by atoms with Crippen LogP contribution in [0.25, 0.3) is 0 Å². The van der Waals surface area contributed by atoms with E-state index in [2.05, 4.69) is 15.4 Å². The van der Waals surface area contributed by atoms with Crippen LogP contribution < -0.4 is 10.6 Å². The molecule has 0 fully saturated rings. The number of carbonyl (C=O) groups is 2. The van der Waals surface area contributed by atoms with Gasteiger partial charge in [-0.1, -0.05) is 0 Å². The summed E-state index contributed by atoms with van der Waals surface area (Å²) in [6, 6.07) is -0.744. The van der Waals surface area contributed by atoms with E-state index in [0.717, 1.165) is 0 Å². The van der Waals surface area contributed by atoms with Crippen LogP contribution in [-0.4, -0.2) is 60.3 Å². The van der Waals surface area contributed by atoms with Crippen molar-refractivity contribution >= 4 is 12.0 Å². The maximum Gasteiger partial charge on any atom is 0.411 e. The van der Waals surface area contributed by atoms with Crippen molar-refractivity contribution in [1.82, 2.24) is 10.6 Å². The number of ether oxygens (including phenoxy) is 1. The van der Waals surface area contributed by atoms with Crippen molar-refractivity contribution in [3.63, 3.8) is 0 Å². The maximum atomic E-state index is 11.7. The second-order valence-electron chi connectivity index (χ2n) is 4.34. The molecule has 2 amide bonds. The molecule has 1 atom stereocenters. The fourth-order valence-corrected chi connectivity index (χ4v) is 1.15. The van der Waals surface area contributed by atoms with Crippen molar-refractivity contribution in [3.8, 4) is 0 Å². The summed E-state index contributed by atoms with van der Waals surface area (Å²) in [5, 5.41) is 22.4. The van der Waals surface area contributed by atoms with E-state index >= 15 is 0 Å². The Kier molecular flexibility index (Phi) is 7.29. The molecule has 0 saturated carbocycles. The van der Waals surface area contributed by atoms with Gasteiger partial charge in [0, 0.05) is 13.1 Å². The fourth-order valence-electron chi connectivity index (χ4n) is 1.15. The molecule has 0 radical (unpaired) electrons. The molecule has 20 heavy (non-hydrogen) atoms. The molecule has 1 unspecified atom stereocenters. The number of hydrogen-bond acceptors (Lipinski definition) is 4. The second kappa shape index (κ2) is 7.90. The van der Waals surface area contributed by atoms with Crippen LogP contribution in [0, 0.1) is 0 Å². The Bertz CT molecular complexity index is 333. The summed E-state index contributed by atoms with van der Waals surface area (Å²) in [4.78, 5) is 21.6. The van der Waals surface area contributed by atoms with Gasteiger partial charge in [0.2, 0.25) is 0 Å². The van der Waals surface area contributed by atoms with E-state index in [1.165, 1.54) is 6.92 Å². The van der Waals surface area contributed by atoms with Crippen LogP contribution >= 0.6 is 0 Å². The monoisotopic (exact) mass is 302 g/mol. The maximum absolute atomic E-state index is 11.7. The van der Waals surface area contributed by atoms with Crippen LogP contribution in [-0.2, 0) is 9.53 Å². The van der Waals surface area contributed by atoms with Crippen LogP contribution in [0.4, 0.5) is 18.0 Å². The summed E-state index contributed by atoms with van der Waals surface area (Å²) >= 11 is 0. The van der Waals surface area contributed by atoms with Crippen molar-refractivity contribution < 1.29 is 37.7 Å². The number of nitrogens with one attached hydrogen (secondary N) is 2. The van der Waals surface area contributed by atoms with E-state index in [-0.39, 0.29) is 19.7 Å². The number of hydrogen-bond donors (Lipinski definition) is 4. The SMILES string of the molecule is CC(O)(CNC(=O)NCCOCC(F)(F)F)CC(=O)O. The topological polar surface area (TPSA) is 108 Å². The lowest BCUT2D eigenvalue weighted by Crippen LogP contribution is -2.46. The van der Waals surface area contributed by atoms with Gasteiger partial charge < -0.3 is 25.6 Å². The van der Waals surface area contributed by atoms with Gasteiger partial charge in [-0.3, -0.25) is 4.79 Å². The Morgan fingerprint density at radius 3 is 2.35 bits per heavy atom. The molecule has 0 saturated heterocycles. The van der Waals surface area contributed by atoms with Gasteiger partial charge in [0.1, 0.15) is 6.61 Å². The van der Waals surface area contributed by atoms with Crippen molar-refractivity contribution in [2.24, 2.45) is 0 Å². The first kappa shape index (κ1) is 18.4. The fraction of sp³-hybridized carbons (Fsp3) is 0.800. The number of aliphatic carboxylic acids is 1. The zero-order valence-corrected chi connectivity index (χ0v) is 10.8. The Hall–Kier alpha value is -1.55. The molecular weight excluding hydrogens is 285 g/mol. The van der Waals surface area contributed by atoms with Crippen molar-refractivity contribution in [3.05, 3.63) is 0 Å². The zero-order chi connectivity index (χ0) is 15.8. The molecule has 0 aliphatic carbocycles. The summed E-state index contributed by atoms with van der Waals surface area (Å²) in [6.45, 7) is -0.951. The minimum atomic E-state index is -4.42. The summed E-state index contributed by atoms with van der Waals surface area (Å²) in [7, 11) is 0. The number of alkyl halides is 3. The summed E-state index contributed by atoms with van der Waals surface area (Å²) < 4.78 is 39.3. The van der Waals surface area contributed by atoms with E-state index in [4.69, 9.17) is 5.11 Å². The lowest BCUT2D eigenvalue weighted by atomic mass is 10.0. The van der Waals surface area contributed by atoms with Crippen LogP contribution in [0.5, 0.6) is 0 Å². The smallest absolute Gasteiger partial charge is 0.411 e. The normalized spacial score (nSPS) is 14.4. The number of aliphatic hydroxyl groups is 1. The van der Waals surface area contributed by atoms with Crippen molar-refractivity contribution in [1.29, 1.82) is 0 Å². The summed E-state index contributed by atoms with van der Waals surface area (Å²) in [5.74, 6) is -1.22. The molecule has 0 rings (SSSR count). The number of carboxylic acid groups (broad SMARTS) is 1. The first-order chi connectivity index (χ1) is 9.02. The Labute approximate surface area is 113 Å². The average Bonchev–Trinajstić information content (AvgIpc) is 2.22. The molecule has 0 aromatic heterocycles. The van der Waals surface area contributed by atoms with Gasteiger partial charge in [-0.15, -0.1) is 0 Å². The number of urea groups is 1. The average molecular weight is 302 g/mol. The molecule has 0 aromatic carbocycles. The van der Waals surface area contributed by atoms with Gasteiger partial charge in [-0.2, -0.15) is 13.2 Å². The van der Waals surface area contributed by atoms with E-state index in [0.29, 0.717) is 0 Å². The highest BCUT2D eigenvalue weighted by atomic mass is 19.4. The van der Waals surface area contributed by atoms with Crippen LogP contribution in [0.1, 0.15) is 13.3 Å². The number of halogens is 3. The lowest BCUT2D eigenvalue weighted by molar-refractivity contribution is -0.173. The first-order valence-corrected chi connectivity index (χ1v) is 5.62. The molecule has 0 aliphatic heterocycles. The highest BCUT2D eigenvalue weighted by Gasteiger charge is 2.27. The summed E-state index contributed by atoms with van der Waals surface area (Å²) in [5.41, 5.74) is -1.62. The van der Waals surface area contributed by atoms with E-state index in [1.807, 2.05) is 0 Å². The molecule has 0 bridgehead atoms. The predicted octanol–water partition coefficient (Wildman–Crippen LogP) is 0.0902. The molecule has 0 heterocycles. The quantitative estimate of drug-likeness (QED) is 0.475. The van der Waals surface area contributed by atoms with E-state index in [1.54, 1.807) is 0 Å². The number of carboxylic acids is 1. The van der Waals surface area contributed by atoms with E-state index in [9.17, 15) is 27.9 Å². The third kappa shape index (κ3) is 11.5. The molecule has 7 nitrogen and oxygen atoms in total. The summed E-state index contributed by atoms with van der Waals surface area (Å²) in [6.07, 6.45) is -4.97. The predicted molar refractivity (Wildman–Crippen MR) is 61.2 cm³/mol. The second-order valence-corrected chi connectivity index (χ2v) is 4.34. The van der Waals surface area contributed by atoms with Crippen LogP contribution in [0.3, 0.4) is 0 Å². The number of carbonyl (C=O) groups excluding carboxylic acids is 1.